The highest BCUT2D eigenvalue weighted by Crippen LogP contribution is 2.29. The minimum Gasteiger partial charge on any atom is -0.320 e. The Kier molecular flexibility index (Phi) is 4.15. The number of benzene rings is 2. The minimum absolute atomic E-state index is 0.147. The number of nitrogens with zero attached hydrogens (tertiary/aromatic N) is 3. The second kappa shape index (κ2) is 6.64. The van der Waals surface area contributed by atoms with Crippen molar-refractivity contribution < 1.29 is 14.1 Å². The lowest BCUT2D eigenvalue weighted by Crippen LogP contribution is -2.15. The molecule has 0 bridgehead atoms. The second-order valence-electron chi connectivity index (χ2n) is 6.25. The van der Waals surface area contributed by atoms with E-state index in [-0.39, 0.29) is 5.69 Å². The summed E-state index contributed by atoms with van der Waals surface area (Å²) in [5.41, 5.74) is 2.50. The first-order valence-corrected chi connectivity index (χ1v) is 8.46. The highest BCUT2D eigenvalue weighted by atomic mass is 19.1. The van der Waals surface area contributed by atoms with E-state index < -0.39 is 22.3 Å². The summed E-state index contributed by atoms with van der Waals surface area (Å²) < 4.78 is 15.2. The van der Waals surface area contributed by atoms with Crippen LogP contribution in [0.25, 0.3) is 5.69 Å². The standard InChI is InChI=1S/C19H15FN4O3/c20-15-10-9-12(11-17(15)24(26)27)21-19(25)18-14-7-4-8-16(14)23(22-18)13-5-2-1-3-6-13/h1-3,5-6,9-11H,4,7-8H2,(H,21,25). The number of hydrogen-bond donors (Lipinski definition) is 1. The average molecular weight is 366 g/mol. The molecule has 0 atom stereocenters. The normalized spacial score (nSPS) is 12.6. The summed E-state index contributed by atoms with van der Waals surface area (Å²) in [7, 11) is 0. The third-order valence-electron chi connectivity index (χ3n) is 4.55. The fourth-order valence-electron chi connectivity index (χ4n) is 3.32. The Morgan fingerprint density at radius 1 is 1.19 bits per heavy atom. The zero-order chi connectivity index (χ0) is 19.0. The molecule has 0 unspecified atom stereocenters. The van der Waals surface area contributed by atoms with Crippen LogP contribution >= 0.6 is 0 Å². The van der Waals surface area contributed by atoms with E-state index in [0.29, 0.717) is 5.69 Å². The van der Waals surface area contributed by atoms with Crippen LogP contribution in [0.5, 0.6) is 0 Å². The molecule has 0 saturated heterocycles. The molecule has 1 N–H and O–H groups in total. The van der Waals surface area contributed by atoms with Crippen LogP contribution < -0.4 is 5.32 Å². The van der Waals surface area contributed by atoms with Crippen molar-refractivity contribution in [3.8, 4) is 5.69 Å². The van der Waals surface area contributed by atoms with Crippen molar-refractivity contribution in [2.75, 3.05) is 5.32 Å². The molecule has 0 fully saturated rings. The molecular weight excluding hydrogens is 351 g/mol. The molecule has 7 nitrogen and oxygen atoms in total. The van der Waals surface area contributed by atoms with Crippen LogP contribution in [0.1, 0.15) is 28.2 Å². The number of nitrogens with one attached hydrogen (secondary N) is 1. The van der Waals surface area contributed by atoms with E-state index >= 15 is 0 Å². The van der Waals surface area contributed by atoms with Gasteiger partial charge in [-0.25, -0.2) is 4.68 Å². The lowest BCUT2D eigenvalue weighted by Gasteiger charge is -2.05. The first-order chi connectivity index (χ1) is 13.0. The van der Waals surface area contributed by atoms with Gasteiger partial charge in [0, 0.05) is 23.0 Å². The number of anilines is 1. The Morgan fingerprint density at radius 2 is 1.96 bits per heavy atom. The maximum Gasteiger partial charge on any atom is 0.306 e. The monoisotopic (exact) mass is 366 g/mol. The third-order valence-corrected chi connectivity index (χ3v) is 4.55. The van der Waals surface area contributed by atoms with Crippen LogP contribution in [0, 0.1) is 15.9 Å². The molecule has 3 aromatic rings. The van der Waals surface area contributed by atoms with Crippen molar-refractivity contribution >= 4 is 17.3 Å². The van der Waals surface area contributed by atoms with Gasteiger partial charge in [0.05, 0.1) is 10.6 Å². The van der Waals surface area contributed by atoms with Crippen molar-refractivity contribution in [3.63, 3.8) is 0 Å². The van der Waals surface area contributed by atoms with Gasteiger partial charge in [-0.05, 0) is 43.5 Å². The van der Waals surface area contributed by atoms with Crippen molar-refractivity contribution in [1.29, 1.82) is 0 Å². The lowest BCUT2D eigenvalue weighted by atomic mass is 10.2. The summed E-state index contributed by atoms with van der Waals surface area (Å²) in [6.07, 6.45) is 2.50. The maximum absolute atomic E-state index is 13.5. The molecule has 8 heteroatoms. The van der Waals surface area contributed by atoms with Gasteiger partial charge in [0.15, 0.2) is 5.69 Å². The van der Waals surface area contributed by atoms with Crippen LogP contribution in [0.2, 0.25) is 0 Å². The summed E-state index contributed by atoms with van der Waals surface area (Å²) in [5, 5.41) is 17.9. The molecular formula is C19H15FN4O3. The second-order valence-corrected chi connectivity index (χ2v) is 6.25. The fraction of sp³-hybridized carbons (Fsp3) is 0.158. The topological polar surface area (TPSA) is 90.1 Å². The van der Waals surface area contributed by atoms with Crippen LogP contribution in [0.4, 0.5) is 15.8 Å². The highest BCUT2D eigenvalue weighted by Gasteiger charge is 2.27. The predicted octanol–water partition coefficient (Wildman–Crippen LogP) is 3.66. The number of amides is 1. The predicted molar refractivity (Wildman–Crippen MR) is 96.6 cm³/mol. The van der Waals surface area contributed by atoms with E-state index in [1.807, 2.05) is 30.3 Å². The minimum atomic E-state index is -0.952. The number of hydrogen-bond acceptors (Lipinski definition) is 4. The summed E-state index contributed by atoms with van der Waals surface area (Å²) in [4.78, 5) is 22.8. The summed E-state index contributed by atoms with van der Waals surface area (Å²) >= 11 is 0. The Bertz CT molecular complexity index is 1050. The van der Waals surface area contributed by atoms with Gasteiger partial charge >= 0.3 is 5.69 Å². The van der Waals surface area contributed by atoms with Gasteiger partial charge in [-0.1, -0.05) is 18.2 Å². The van der Waals surface area contributed by atoms with Crippen LogP contribution in [0.3, 0.4) is 0 Å². The van der Waals surface area contributed by atoms with Gasteiger partial charge in [-0.3, -0.25) is 14.9 Å². The van der Waals surface area contributed by atoms with E-state index in [0.717, 1.165) is 48.3 Å². The Labute approximate surface area is 153 Å². The molecule has 4 rings (SSSR count). The number of aromatic nitrogens is 2. The van der Waals surface area contributed by atoms with Crippen LogP contribution in [-0.2, 0) is 12.8 Å². The molecule has 1 aromatic heterocycles. The summed E-state index contributed by atoms with van der Waals surface area (Å²) in [5.74, 6) is -1.42. The zero-order valence-electron chi connectivity index (χ0n) is 14.2. The molecule has 0 saturated carbocycles. The Hall–Kier alpha value is -3.55. The first-order valence-electron chi connectivity index (χ1n) is 8.46. The largest absolute Gasteiger partial charge is 0.320 e. The lowest BCUT2D eigenvalue weighted by molar-refractivity contribution is -0.387. The highest BCUT2D eigenvalue weighted by molar-refractivity contribution is 6.04. The zero-order valence-corrected chi connectivity index (χ0v) is 14.2. The van der Waals surface area contributed by atoms with E-state index in [1.54, 1.807) is 4.68 Å². The van der Waals surface area contributed by atoms with E-state index in [2.05, 4.69) is 10.4 Å². The molecule has 0 radical (unpaired) electrons. The SMILES string of the molecule is O=C(Nc1ccc(F)c([N+](=O)[O-])c1)c1nn(-c2ccccc2)c2c1CCC2. The van der Waals surface area contributed by atoms with Crippen molar-refractivity contribution in [1.82, 2.24) is 9.78 Å². The Balaban J connectivity index is 1.67. The molecule has 0 spiro atoms. The molecule has 2 aromatic carbocycles. The molecule has 27 heavy (non-hydrogen) atoms. The van der Waals surface area contributed by atoms with E-state index in [1.165, 1.54) is 6.07 Å². The number of para-hydroxylation sites is 1. The van der Waals surface area contributed by atoms with Gasteiger partial charge in [-0.15, -0.1) is 0 Å². The van der Waals surface area contributed by atoms with Crippen molar-refractivity contribution in [3.05, 3.63) is 81.4 Å². The van der Waals surface area contributed by atoms with Gasteiger partial charge in [0.25, 0.3) is 5.91 Å². The molecule has 1 amide bonds. The van der Waals surface area contributed by atoms with Gasteiger partial charge in [0.1, 0.15) is 0 Å². The van der Waals surface area contributed by atoms with Crippen LogP contribution in [0.15, 0.2) is 48.5 Å². The number of fused-ring (bicyclic) bond motifs is 1. The molecule has 0 aliphatic heterocycles. The molecule has 1 aliphatic carbocycles. The molecule has 1 heterocycles. The smallest absolute Gasteiger partial charge is 0.306 e. The number of halogens is 1. The maximum atomic E-state index is 13.5. The number of nitro benzene ring substituents is 1. The van der Waals surface area contributed by atoms with Crippen molar-refractivity contribution in [2.45, 2.75) is 19.3 Å². The summed E-state index contributed by atoms with van der Waals surface area (Å²) in [6.45, 7) is 0. The number of rotatable bonds is 4. The average Bonchev–Trinajstić information content (AvgIpc) is 3.26. The van der Waals surface area contributed by atoms with Crippen LogP contribution in [-0.4, -0.2) is 20.6 Å². The van der Waals surface area contributed by atoms with Crippen molar-refractivity contribution in [2.24, 2.45) is 0 Å². The third kappa shape index (κ3) is 3.05. The number of carbonyl (C=O) groups is 1. The summed E-state index contributed by atoms with van der Waals surface area (Å²) in [6, 6.07) is 12.8. The van der Waals surface area contributed by atoms with Gasteiger partial charge in [-0.2, -0.15) is 9.49 Å². The fourth-order valence-corrected chi connectivity index (χ4v) is 3.32. The van der Waals surface area contributed by atoms with Gasteiger partial charge < -0.3 is 5.32 Å². The molecule has 136 valence electrons. The quantitative estimate of drug-likeness (QED) is 0.564. The van der Waals surface area contributed by atoms with Gasteiger partial charge in [0.2, 0.25) is 5.82 Å². The first kappa shape index (κ1) is 16.9. The number of carbonyl (C=O) groups excluding carboxylic acids is 1. The Morgan fingerprint density at radius 3 is 2.70 bits per heavy atom. The van der Waals surface area contributed by atoms with E-state index in [4.69, 9.17) is 0 Å². The molecule has 1 aliphatic rings. The van der Waals surface area contributed by atoms with E-state index in [9.17, 15) is 19.3 Å². The number of nitro groups is 1.